The van der Waals surface area contributed by atoms with Gasteiger partial charge in [-0.1, -0.05) is 0 Å². The molecule has 0 saturated heterocycles. The number of aryl methyl sites for hydroxylation is 1. The average Bonchev–Trinajstić information content (AvgIpc) is 2.36. The van der Waals surface area contributed by atoms with Crippen molar-refractivity contribution in [3.8, 4) is 0 Å². The third kappa shape index (κ3) is 1.99. The minimum Gasteiger partial charge on any atom is -0.387 e. The molecule has 4 heteroatoms. The molecule has 0 aromatic carbocycles. The van der Waals surface area contributed by atoms with Crippen LogP contribution in [-0.4, -0.2) is 16.6 Å². The van der Waals surface area contributed by atoms with E-state index in [-0.39, 0.29) is 0 Å². The number of rotatable bonds is 3. The zero-order valence-electron chi connectivity index (χ0n) is 6.45. The summed E-state index contributed by atoms with van der Waals surface area (Å²) in [6.45, 7) is 2.41. The fraction of sp³-hybridized carbons (Fsp3) is 0.571. The first-order chi connectivity index (χ1) is 5.25. The summed E-state index contributed by atoms with van der Waals surface area (Å²) in [6, 6.07) is 0. The molecule has 0 amide bonds. The van der Waals surface area contributed by atoms with Gasteiger partial charge in [-0.3, -0.25) is 0 Å². The lowest BCUT2D eigenvalue weighted by Crippen LogP contribution is -2.06. The molecule has 11 heavy (non-hydrogen) atoms. The van der Waals surface area contributed by atoms with Crippen molar-refractivity contribution < 1.29 is 5.11 Å². The number of hydrogen-bond donors (Lipinski definition) is 2. The molecule has 62 valence electrons. The molecule has 0 fully saturated rings. The van der Waals surface area contributed by atoms with Gasteiger partial charge in [0, 0.05) is 0 Å². The molecule has 0 radical (unpaired) electrons. The van der Waals surface area contributed by atoms with Crippen molar-refractivity contribution in [2.75, 3.05) is 6.54 Å². The van der Waals surface area contributed by atoms with Gasteiger partial charge in [-0.25, -0.2) is 4.98 Å². The predicted octanol–water partition coefficient (Wildman–Crippen LogP) is 0.834. The quantitative estimate of drug-likeness (QED) is 0.710. The Morgan fingerprint density at radius 1 is 1.82 bits per heavy atom. The summed E-state index contributed by atoms with van der Waals surface area (Å²) >= 11 is 1.48. The van der Waals surface area contributed by atoms with Gasteiger partial charge in [-0.2, -0.15) is 0 Å². The highest BCUT2D eigenvalue weighted by molar-refractivity contribution is 7.09. The molecule has 0 aliphatic carbocycles. The van der Waals surface area contributed by atoms with E-state index < -0.39 is 6.10 Å². The summed E-state index contributed by atoms with van der Waals surface area (Å²) in [6.07, 6.45) is 0.191. The SMILES string of the molecule is Cc1ncsc1C(O)CCN. The minimum atomic E-state index is -0.424. The van der Waals surface area contributed by atoms with E-state index in [0.717, 1.165) is 10.6 Å². The Kier molecular flexibility index (Phi) is 2.99. The van der Waals surface area contributed by atoms with Gasteiger partial charge in [-0.15, -0.1) is 11.3 Å². The van der Waals surface area contributed by atoms with Crippen LogP contribution in [0.2, 0.25) is 0 Å². The maximum Gasteiger partial charge on any atom is 0.0912 e. The maximum atomic E-state index is 9.48. The number of nitrogens with two attached hydrogens (primary N) is 1. The Balaban J connectivity index is 2.67. The van der Waals surface area contributed by atoms with Crippen LogP contribution in [0.3, 0.4) is 0 Å². The third-order valence-corrected chi connectivity index (χ3v) is 2.56. The van der Waals surface area contributed by atoms with E-state index in [4.69, 9.17) is 5.73 Å². The molecule has 3 nitrogen and oxygen atoms in total. The van der Waals surface area contributed by atoms with Crippen LogP contribution in [0, 0.1) is 6.92 Å². The average molecular weight is 172 g/mol. The summed E-state index contributed by atoms with van der Waals surface area (Å²) in [4.78, 5) is 4.98. The van der Waals surface area contributed by atoms with Gasteiger partial charge in [0.2, 0.25) is 0 Å². The first kappa shape index (κ1) is 8.64. The van der Waals surface area contributed by atoms with Crippen molar-refractivity contribution >= 4 is 11.3 Å². The number of nitrogens with zero attached hydrogens (tertiary/aromatic N) is 1. The first-order valence-electron chi connectivity index (χ1n) is 3.54. The van der Waals surface area contributed by atoms with E-state index in [1.165, 1.54) is 11.3 Å². The van der Waals surface area contributed by atoms with Crippen LogP contribution in [0.1, 0.15) is 23.1 Å². The second kappa shape index (κ2) is 3.80. The van der Waals surface area contributed by atoms with Crippen LogP contribution in [0.25, 0.3) is 0 Å². The molecule has 1 unspecified atom stereocenters. The Labute approximate surface area is 69.9 Å². The van der Waals surface area contributed by atoms with E-state index >= 15 is 0 Å². The van der Waals surface area contributed by atoms with E-state index in [1.54, 1.807) is 5.51 Å². The van der Waals surface area contributed by atoms with Crippen LogP contribution < -0.4 is 5.73 Å². The number of hydrogen-bond acceptors (Lipinski definition) is 4. The summed E-state index contributed by atoms with van der Waals surface area (Å²) in [7, 11) is 0. The lowest BCUT2D eigenvalue weighted by atomic mass is 10.2. The van der Waals surface area contributed by atoms with Gasteiger partial charge < -0.3 is 10.8 Å². The monoisotopic (exact) mass is 172 g/mol. The lowest BCUT2D eigenvalue weighted by Gasteiger charge is -2.05. The minimum absolute atomic E-state index is 0.424. The molecule has 1 aromatic heterocycles. The number of aliphatic hydroxyl groups excluding tert-OH is 1. The van der Waals surface area contributed by atoms with Gasteiger partial charge in [-0.05, 0) is 19.9 Å². The fourth-order valence-electron chi connectivity index (χ4n) is 0.920. The van der Waals surface area contributed by atoms with Gasteiger partial charge in [0.1, 0.15) is 0 Å². The van der Waals surface area contributed by atoms with Crippen molar-refractivity contribution in [1.29, 1.82) is 0 Å². The van der Waals surface area contributed by atoms with E-state index in [2.05, 4.69) is 4.98 Å². The van der Waals surface area contributed by atoms with Gasteiger partial charge in [0.15, 0.2) is 0 Å². The zero-order valence-corrected chi connectivity index (χ0v) is 7.27. The van der Waals surface area contributed by atoms with Crippen LogP contribution in [0.4, 0.5) is 0 Å². The van der Waals surface area contributed by atoms with Crippen molar-refractivity contribution in [2.45, 2.75) is 19.4 Å². The van der Waals surface area contributed by atoms with E-state index in [0.29, 0.717) is 13.0 Å². The van der Waals surface area contributed by atoms with Crippen molar-refractivity contribution in [3.63, 3.8) is 0 Å². The summed E-state index contributed by atoms with van der Waals surface area (Å²) < 4.78 is 0. The normalized spacial score (nSPS) is 13.4. The smallest absolute Gasteiger partial charge is 0.0912 e. The van der Waals surface area contributed by atoms with Gasteiger partial charge in [0.25, 0.3) is 0 Å². The molecule has 1 atom stereocenters. The van der Waals surface area contributed by atoms with Gasteiger partial charge >= 0.3 is 0 Å². The molecule has 1 heterocycles. The van der Waals surface area contributed by atoms with Crippen molar-refractivity contribution in [2.24, 2.45) is 5.73 Å². The molecular formula is C7H12N2OS. The lowest BCUT2D eigenvalue weighted by molar-refractivity contribution is 0.173. The molecule has 0 aliphatic rings. The maximum absolute atomic E-state index is 9.48. The predicted molar refractivity (Wildman–Crippen MR) is 45.5 cm³/mol. The number of thiazole rings is 1. The number of aliphatic hydroxyl groups is 1. The standard InChI is InChI=1S/C7H12N2OS/c1-5-7(11-4-9-5)6(10)2-3-8/h4,6,10H,2-3,8H2,1H3. The summed E-state index contributed by atoms with van der Waals surface area (Å²) in [5, 5.41) is 9.48. The second-order valence-electron chi connectivity index (χ2n) is 2.40. The highest BCUT2D eigenvalue weighted by Crippen LogP contribution is 2.23. The van der Waals surface area contributed by atoms with E-state index in [9.17, 15) is 5.11 Å². The largest absolute Gasteiger partial charge is 0.387 e. The van der Waals surface area contributed by atoms with Crippen LogP contribution in [0.5, 0.6) is 0 Å². The number of aromatic nitrogens is 1. The van der Waals surface area contributed by atoms with Crippen molar-refractivity contribution in [3.05, 3.63) is 16.1 Å². The first-order valence-corrected chi connectivity index (χ1v) is 4.41. The highest BCUT2D eigenvalue weighted by Gasteiger charge is 2.10. The Bertz CT molecular complexity index is 224. The highest BCUT2D eigenvalue weighted by atomic mass is 32.1. The topological polar surface area (TPSA) is 59.1 Å². The molecule has 1 aromatic rings. The molecule has 1 rings (SSSR count). The zero-order chi connectivity index (χ0) is 8.27. The Morgan fingerprint density at radius 2 is 2.55 bits per heavy atom. The molecule has 0 bridgehead atoms. The van der Waals surface area contributed by atoms with Crippen molar-refractivity contribution in [1.82, 2.24) is 4.98 Å². The van der Waals surface area contributed by atoms with E-state index in [1.807, 2.05) is 6.92 Å². The summed E-state index contributed by atoms with van der Waals surface area (Å²) in [5.74, 6) is 0. The summed E-state index contributed by atoms with van der Waals surface area (Å²) in [5.41, 5.74) is 7.96. The Morgan fingerprint density at radius 3 is 3.00 bits per heavy atom. The van der Waals surface area contributed by atoms with Crippen LogP contribution in [0.15, 0.2) is 5.51 Å². The molecular weight excluding hydrogens is 160 g/mol. The second-order valence-corrected chi connectivity index (χ2v) is 3.28. The van der Waals surface area contributed by atoms with Crippen LogP contribution >= 0.6 is 11.3 Å². The third-order valence-electron chi connectivity index (χ3n) is 1.53. The Hall–Kier alpha value is -0.450. The molecule has 0 saturated carbocycles. The fourth-order valence-corrected chi connectivity index (χ4v) is 1.74. The molecule has 0 aliphatic heterocycles. The molecule has 0 spiro atoms. The van der Waals surface area contributed by atoms with Gasteiger partial charge in [0.05, 0.1) is 22.2 Å². The van der Waals surface area contributed by atoms with Crippen LogP contribution in [-0.2, 0) is 0 Å². The molecule has 3 N–H and O–H groups in total.